The Kier molecular flexibility index (Phi) is 5.80. The number of amides is 2. The SMILES string of the molecule is CC(C)c1ccc(NC2=C(c3ccccc3)C(=O)N(c3cccc(C(F)(F)F)c3)C2=O)cc1. The quantitative estimate of drug-likeness (QED) is 0.469. The molecule has 2 amide bonds. The number of halogens is 3. The molecule has 0 unspecified atom stereocenters. The minimum absolute atomic E-state index is 0.0147. The van der Waals surface area contributed by atoms with Crippen molar-refractivity contribution in [3.05, 3.63) is 101 Å². The molecule has 3 aromatic rings. The second kappa shape index (κ2) is 8.58. The van der Waals surface area contributed by atoms with Gasteiger partial charge in [0.05, 0.1) is 16.8 Å². The van der Waals surface area contributed by atoms with Gasteiger partial charge < -0.3 is 5.32 Å². The third kappa shape index (κ3) is 4.39. The lowest BCUT2D eigenvalue weighted by Crippen LogP contribution is -2.32. The van der Waals surface area contributed by atoms with Gasteiger partial charge in [-0.15, -0.1) is 0 Å². The van der Waals surface area contributed by atoms with Crippen LogP contribution in [0.2, 0.25) is 0 Å². The number of imide groups is 1. The van der Waals surface area contributed by atoms with Crippen LogP contribution in [0.1, 0.15) is 36.5 Å². The summed E-state index contributed by atoms with van der Waals surface area (Å²) >= 11 is 0. The number of nitrogens with one attached hydrogen (secondary N) is 1. The van der Waals surface area contributed by atoms with Gasteiger partial charge in [0.15, 0.2) is 0 Å². The third-order valence-electron chi connectivity index (χ3n) is 5.42. The molecule has 1 aliphatic heterocycles. The molecule has 0 aromatic heterocycles. The summed E-state index contributed by atoms with van der Waals surface area (Å²) in [7, 11) is 0. The summed E-state index contributed by atoms with van der Waals surface area (Å²) in [6.45, 7) is 4.12. The number of alkyl halides is 3. The minimum Gasteiger partial charge on any atom is -0.350 e. The normalized spacial score (nSPS) is 14.4. The summed E-state index contributed by atoms with van der Waals surface area (Å²) in [5, 5.41) is 3.03. The molecular weight excluding hydrogens is 429 g/mol. The predicted molar refractivity (Wildman–Crippen MR) is 121 cm³/mol. The summed E-state index contributed by atoms with van der Waals surface area (Å²) < 4.78 is 39.7. The van der Waals surface area contributed by atoms with E-state index in [-0.39, 0.29) is 17.0 Å². The molecule has 1 N–H and O–H groups in total. The van der Waals surface area contributed by atoms with Crippen LogP contribution in [-0.4, -0.2) is 11.8 Å². The maximum absolute atomic E-state index is 13.3. The van der Waals surface area contributed by atoms with Crippen LogP contribution in [0.25, 0.3) is 5.57 Å². The Morgan fingerprint density at radius 3 is 2.09 bits per heavy atom. The highest BCUT2D eigenvalue weighted by Crippen LogP contribution is 2.37. The molecule has 168 valence electrons. The Morgan fingerprint density at radius 1 is 0.818 bits per heavy atom. The van der Waals surface area contributed by atoms with Crippen molar-refractivity contribution in [3.63, 3.8) is 0 Å². The number of anilines is 2. The van der Waals surface area contributed by atoms with Crippen molar-refractivity contribution >= 4 is 28.8 Å². The molecule has 1 aliphatic rings. The molecule has 0 spiro atoms. The highest BCUT2D eigenvalue weighted by atomic mass is 19.4. The molecule has 0 bridgehead atoms. The average Bonchev–Trinajstić information content (AvgIpc) is 3.03. The number of nitrogens with zero attached hydrogens (tertiary/aromatic N) is 1. The Bertz CT molecular complexity index is 1230. The highest BCUT2D eigenvalue weighted by Gasteiger charge is 2.41. The van der Waals surface area contributed by atoms with Crippen LogP contribution < -0.4 is 10.2 Å². The van der Waals surface area contributed by atoms with Gasteiger partial charge in [-0.2, -0.15) is 13.2 Å². The first kappa shape index (κ1) is 22.3. The number of hydrogen-bond acceptors (Lipinski definition) is 3. The van der Waals surface area contributed by atoms with Crippen molar-refractivity contribution in [2.75, 3.05) is 10.2 Å². The van der Waals surface area contributed by atoms with E-state index in [9.17, 15) is 22.8 Å². The van der Waals surface area contributed by atoms with Gasteiger partial charge in [0, 0.05) is 5.69 Å². The first-order valence-corrected chi connectivity index (χ1v) is 10.4. The van der Waals surface area contributed by atoms with Crippen molar-refractivity contribution < 1.29 is 22.8 Å². The van der Waals surface area contributed by atoms with Crippen molar-refractivity contribution in [2.45, 2.75) is 25.9 Å². The van der Waals surface area contributed by atoms with Gasteiger partial charge in [-0.1, -0.05) is 62.4 Å². The van der Waals surface area contributed by atoms with Crippen molar-refractivity contribution in [1.82, 2.24) is 0 Å². The average molecular weight is 450 g/mol. The molecule has 4 nitrogen and oxygen atoms in total. The fraction of sp³-hybridized carbons (Fsp3) is 0.154. The van der Waals surface area contributed by atoms with Crippen LogP contribution >= 0.6 is 0 Å². The zero-order chi connectivity index (χ0) is 23.8. The molecule has 0 fully saturated rings. The van der Waals surface area contributed by atoms with E-state index < -0.39 is 23.6 Å². The molecule has 0 saturated heterocycles. The molecule has 3 aromatic carbocycles. The van der Waals surface area contributed by atoms with Gasteiger partial charge in [-0.3, -0.25) is 9.59 Å². The van der Waals surface area contributed by atoms with Crippen LogP contribution in [0.15, 0.2) is 84.6 Å². The van der Waals surface area contributed by atoms with Crippen LogP contribution in [0, 0.1) is 0 Å². The van der Waals surface area contributed by atoms with Crippen LogP contribution in [-0.2, 0) is 15.8 Å². The van der Waals surface area contributed by atoms with Gasteiger partial charge in [-0.05, 0) is 47.4 Å². The van der Waals surface area contributed by atoms with Gasteiger partial charge in [-0.25, -0.2) is 4.90 Å². The maximum atomic E-state index is 13.3. The molecule has 33 heavy (non-hydrogen) atoms. The topological polar surface area (TPSA) is 49.4 Å². The summed E-state index contributed by atoms with van der Waals surface area (Å²) in [5.41, 5.74) is 1.23. The molecule has 1 heterocycles. The summed E-state index contributed by atoms with van der Waals surface area (Å²) in [6, 6.07) is 20.2. The Hall–Kier alpha value is -3.87. The van der Waals surface area contributed by atoms with Crippen molar-refractivity contribution in [3.8, 4) is 0 Å². The summed E-state index contributed by atoms with van der Waals surface area (Å²) in [4.78, 5) is 27.5. The van der Waals surface area contributed by atoms with E-state index in [0.717, 1.165) is 22.6 Å². The van der Waals surface area contributed by atoms with Crippen LogP contribution in [0.4, 0.5) is 24.5 Å². The molecule has 0 radical (unpaired) electrons. The fourth-order valence-corrected chi connectivity index (χ4v) is 3.67. The highest BCUT2D eigenvalue weighted by molar-refractivity contribution is 6.46. The van der Waals surface area contributed by atoms with E-state index in [1.165, 1.54) is 12.1 Å². The van der Waals surface area contributed by atoms with E-state index in [0.29, 0.717) is 17.2 Å². The van der Waals surface area contributed by atoms with Crippen molar-refractivity contribution in [1.29, 1.82) is 0 Å². The van der Waals surface area contributed by atoms with E-state index in [1.807, 2.05) is 12.1 Å². The van der Waals surface area contributed by atoms with Crippen LogP contribution in [0.3, 0.4) is 0 Å². The lowest BCUT2D eigenvalue weighted by atomic mass is 10.0. The summed E-state index contributed by atoms with van der Waals surface area (Å²) in [6.07, 6.45) is -4.60. The van der Waals surface area contributed by atoms with E-state index in [4.69, 9.17) is 0 Å². The van der Waals surface area contributed by atoms with Gasteiger partial charge in [0.1, 0.15) is 5.70 Å². The van der Waals surface area contributed by atoms with E-state index in [2.05, 4.69) is 19.2 Å². The van der Waals surface area contributed by atoms with E-state index >= 15 is 0 Å². The molecule has 4 rings (SSSR count). The number of carbonyl (C=O) groups excluding carboxylic acids is 2. The summed E-state index contributed by atoms with van der Waals surface area (Å²) in [5.74, 6) is -1.08. The first-order valence-electron chi connectivity index (χ1n) is 10.4. The minimum atomic E-state index is -4.60. The number of carbonyl (C=O) groups is 2. The Balaban J connectivity index is 1.77. The smallest absolute Gasteiger partial charge is 0.350 e. The molecule has 0 aliphatic carbocycles. The molecule has 0 atom stereocenters. The molecule has 7 heteroatoms. The second-order valence-corrected chi connectivity index (χ2v) is 8.01. The molecular formula is C26H21F3N2O2. The Labute approximate surface area is 189 Å². The van der Waals surface area contributed by atoms with Gasteiger partial charge in [0.25, 0.3) is 11.8 Å². The Morgan fingerprint density at radius 2 is 1.48 bits per heavy atom. The number of hydrogen-bond donors (Lipinski definition) is 1. The zero-order valence-electron chi connectivity index (χ0n) is 18.0. The first-order chi connectivity index (χ1) is 15.7. The number of benzene rings is 3. The fourth-order valence-electron chi connectivity index (χ4n) is 3.67. The van der Waals surface area contributed by atoms with Crippen molar-refractivity contribution in [2.24, 2.45) is 0 Å². The predicted octanol–water partition coefficient (Wildman–Crippen LogP) is 6.23. The van der Waals surface area contributed by atoms with E-state index in [1.54, 1.807) is 42.5 Å². The second-order valence-electron chi connectivity index (χ2n) is 8.01. The molecule has 0 saturated carbocycles. The van der Waals surface area contributed by atoms with Crippen LogP contribution in [0.5, 0.6) is 0 Å². The lowest BCUT2D eigenvalue weighted by molar-refractivity contribution is -0.137. The lowest BCUT2D eigenvalue weighted by Gasteiger charge is -2.17. The monoisotopic (exact) mass is 450 g/mol. The maximum Gasteiger partial charge on any atom is 0.416 e. The zero-order valence-corrected chi connectivity index (χ0v) is 18.0. The van der Waals surface area contributed by atoms with Gasteiger partial charge >= 0.3 is 6.18 Å². The van der Waals surface area contributed by atoms with Gasteiger partial charge in [0.2, 0.25) is 0 Å². The standard InChI is InChI=1S/C26H21F3N2O2/c1-16(2)17-11-13-20(14-12-17)30-23-22(18-7-4-3-5-8-18)24(32)31(25(23)33)21-10-6-9-19(15-21)26(27,28)29/h3-16,30H,1-2H3. The largest absolute Gasteiger partial charge is 0.416 e. The number of rotatable bonds is 5. The third-order valence-corrected chi connectivity index (χ3v) is 5.42.